The molecule has 14 radical (unpaired) electrons. The van der Waals surface area contributed by atoms with E-state index >= 15 is 0 Å². The molecule has 0 aliphatic heterocycles. The predicted octanol–water partition coefficient (Wildman–Crippen LogP) is 6.81. The molecule has 0 bridgehead atoms. The van der Waals surface area contributed by atoms with Crippen molar-refractivity contribution >= 4 is 168 Å². The zero-order valence-corrected chi connectivity index (χ0v) is 35.2. The topological polar surface area (TPSA) is 9.86 Å². The van der Waals surface area contributed by atoms with E-state index in [2.05, 4.69) is 150 Å². The van der Waals surface area contributed by atoms with Crippen molar-refractivity contribution in [2.45, 2.75) is 0 Å². The maximum absolute atomic E-state index is 7.42. The molecule has 12 aromatic rings. The molecule has 10 heteroatoms. The molecule has 280 valence electrons. The van der Waals surface area contributed by atoms with Crippen LogP contribution in [0.15, 0.2) is 164 Å². The maximum atomic E-state index is 7.42. The standard InChI is InChI=1S/C54H27B7N2S/c55-46-43(47(56)51(60)53-44(46)45-48(57)49(58)50(59)52(61)54(45)63(53)34-21-22-36-35-13-7-8-14-41(35)64-42(36)27-34)32-18-24-40-38(26-32)37-25-31(29-11-5-2-6-12-29)17-23-39(37)62(40)33-19-15-30(16-20-33)28-9-3-1-4-10-28/h1-27H. The van der Waals surface area contributed by atoms with Gasteiger partial charge < -0.3 is 9.13 Å². The quantitative estimate of drug-likeness (QED) is 0.169. The minimum Gasteiger partial charge on any atom is -0.310 e. The third-order valence-electron chi connectivity index (χ3n) is 12.9. The second kappa shape index (κ2) is 14.7. The van der Waals surface area contributed by atoms with Crippen molar-refractivity contribution in [3.8, 4) is 44.8 Å². The van der Waals surface area contributed by atoms with E-state index < -0.39 is 0 Å². The van der Waals surface area contributed by atoms with Gasteiger partial charge in [0.1, 0.15) is 54.9 Å². The molecule has 0 spiro atoms. The van der Waals surface area contributed by atoms with Crippen molar-refractivity contribution < 1.29 is 0 Å². The Kier molecular flexibility index (Phi) is 8.91. The number of benzene rings is 9. The van der Waals surface area contributed by atoms with E-state index in [4.69, 9.17) is 54.9 Å². The van der Waals surface area contributed by atoms with E-state index in [-0.39, 0.29) is 21.9 Å². The molecule has 64 heavy (non-hydrogen) atoms. The zero-order chi connectivity index (χ0) is 43.5. The van der Waals surface area contributed by atoms with Crippen molar-refractivity contribution in [1.29, 1.82) is 0 Å². The highest BCUT2D eigenvalue weighted by Gasteiger charge is 2.25. The lowest BCUT2D eigenvalue weighted by Gasteiger charge is -2.19. The summed E-state index contributed by atoms with van der Waals surface area (Å²) in [4.78, 5) is 0. The summed E-state index contributed by atoms with van der Waals surface area (Å²) in [6.07, 6.45) is 0. The molecule has 3 aromatic heterocycles. The molecule has 0 aliphatic rings. The van der Waals surface area contributed by atoms with Crippen LogP contribution in [0.1, 0.15) is 0 Å². The summed E-state index contributed by atoms with van der Waals surface area (Å²) in [5.41, 5.74) is 12.9. The van der Waals surface area contributed by atoms with Gasteiger partial charge in [-0.2, -0.15) is 0 Å². The molecule has 2 nitrogen and oxygen atoms in total. The fourth-order valence-electron chi connectivity index (χ4n) is 9.82. The first-order valence-corrected chi connectivity index (χ1v) is 21.8. The molecular formula is C54H27B7N2S. The molecule has 12 rings (SSSR count). The SMILES string of the molecule is [B]c1c([B])c([B])c2c(c1[B])c1c([B])c(-c3ccc4c(c3)c3cc(-c5ccccc5)ccc3n4-c3ccc(-c4ccccc4)cc3)c([B])c([B])c1n2-c1ccc2c(c1)sc1ccccc12. The number of fused-ring (bicyclic) bond motifs is 9. The molecule has 0 N–H and O–H groups in total. The first kappa shape index (κ1) is 38.9. The number of nitrogens with zero attached hydrogens (tertiary/aromatic N) is 2. The molecule has 0 unspecified atom stereocenters. The van der Waals surface area contributed by atoms with E-state index in [9.17, 15) is 0 Å². The highest BCUT2D eigenvalue weighted by molar-refractivity contribution is 7.25. The van der Waals surface area contributed by atoms with E-state index in [1.807, 2.05) is 22.8 Å². The monoisotopic (exact) mass is 812 g/mol. The summed E-state index contributed by atoms with van der Waals surface area (Å²) in [5.74, 6) is 0. The van der Waals surface area contributed by atoms with E-state index in [0.29, 0.717) is 43.8 Å². The first-order valence-electron chi connectivity index (χ1n) is 21.0. The number of hydrogen-bond acceptors (Lipinski definition) is 1. The lowest BCUT2D eigenvalue weighted by atomic mass is 9.64. The van der Waals surface area contributed by atoms with Crippen LogP contribution in [-0.2, 0) is 0 Å². The van der Waals surface area contributed by atoms with Gasteiger partial charge in [-0.1, -0.05) is 137 Å². The van der Waals surface area contributed by atoms with E-state index in [1.54, 1.807) is 11.3 Å². The van der Waals surface area contributed by atoms with Crippen LogP contribution >= 0.6 is 11.3 Å². The van der Waals surface area contributed by atoms with Crippen LogP contribution in [-0.4, -0.2) is 64.1 Å². The van der Waals surface area contributed by atoms with Gasteiger partial charge in [0.25, 0.3) is 0 Å². The molecule has 0 amide bonds. The Morgan fingerprint density at radius 2 is 0.812 bits per heavy atom. The van der Waals surface area contributed by atoms with Gasteiger partial charge in [-0.25, -0.2) is 0 Å². The summed E-state index contributed by atoms with van der Waals surface area (Å²) in [7, 11) is 48.9. The molecule has 3 heterocycles. The first-order chi connectivity index (χ1) is 31.2. The highest BCUT2D eigenvalue weighted by Crippen LogP contribution is 2.40. The van der Waals surface area contributed by atoms with E-state index in [1.165, 1.54) is 10.1 Å². The Hall–Kier alpha value is -6.75. The van der Waals surface area contributed by atoms with Gasteiger partial charge in [0.15, 0.2) is 0 Å². The van der Waals surface area contributed by atoms with Crippen LogP contribution in [0.2, 0.25) is 0 Å². The van der Waals surface area contributed by atoms with Crippen molar-refractivity contribution in [2.24, 2.45) is 0 Å². The molecule has 9 aromatic carbocycles. The Morgan fingerprint density at radius 3 is 1.50 bits per heavy atom. The number of aromatic nitrogens is 2. The molecule has 0 atom stereocenters. The molecule has 0 saturated heterocycles. The van der Waals surface area contributed by atoms with Gasteiger partial charge in [-0.05, 0) is 93.4 Å². The number of thiophene rings is 1. The van der Waals surface area contributed by atoms with Crippen LogP contribution in [0.3, 0.4) is 0 Å². The van der Waals surface area contributed by atoms with Crippen molar-refractivity contribution in [1.82, 2.24) is 9.13 Å². The minimum absolute atomic E-state index is 0.181. The Labute approximate surface area is 383 Å². The summed E-state index contributed by atoms with van der Waals surface area (Å²) < 4.78 is 6.56. The lowest BCUT2D eigenvalue weighted by Crippen LogP contribution is -2.48. The Bertz CT molecular complexity index is 3910. The highest BCUT2D eigenvalue weighted by atomic mass is 32.1. The van der Waals surface area contributed by atoms with Gasteiger partial charge in [0.2, 0.25) is 0 Å². The van der Waals surface area contributed by atoms with E-state index in [0.717, 1.165) is 71.1 Å². The van der Waals surface area contributed by atoms with Crippen LogP contribution in [0.25, 0.3) is 109 Å². The zero-order valence-electron chi connectivity index (χ0n) is 34.4. The normalized spacial score (nSPS) is 11.9. The second-order valence-corrected chi connectivity index (χ2v) is 17.5. The van der Waals surface area contributed by atoms with Crippen molar-refractivity contribution in [3.05, 3.63) is 164 Å². The Morgan fingerprint density at radius 1 is 0.312 bits per heavy atom. The second-order valence-electron chi connectivity index (χ2n) is 16.4. The third-order valence-corrected chi connectivity index (χ3v) is 14.1. The fourth-order valence-corrected chi connectivity index (χ4v) is 11.0. The average Bonchev–Trinajstić information content (AvgIpc) is 4.00. The third kappa shape index (κ3) is 5.68. The molecule has 0 aliphatic carbocycles. The predicted molar refractivity (Wildman–Crippen MR) is 282 cm³/mol. The fraction of sp³-hybridized carbons (Fsp3) is 0. The summed E-state index contributed by atoms with van der Waals surface area (Å²) in [6.45, 7) is 0. The van der Waals surface area contributed by atoms with Gasteiger partial charge in [0, 0.05) is 58.7 Å². The van der Waals surface area contributed by atoms with Crippen LogP contribution in [0.5, 0.6) is 0 Å². The summed E-state index contributed by atoms with van der Waals surface area (Å²) >= 11 is 1.71. The lowest BCUT2D eigenvalue weighted by molar-refractivity contribution is 1.18. The van der Waals surface area contributed by atoms with Crippen LogP contribution < -0.4 is 38.2 Å². The van der Waals surface area contributed by atoms with Gasteiger partial charge in [0.05, 0.1) is 11.0 Å². The summed E-state index contributed by atoms with van der Waals surface area (Å²) in [5, 5.41) is 5.58. The van der Waals surface area contributed by atoms with Crippen molar-refractivity contribution in [2.75, 3.05) is 0 Å². The Balaban J connectivity index is 1.12. The van der Waals surface area contributed by atoms with Gasteiger partial charge in [-0.15, -0.1) is 22.3 Å². The van der Waals surface area contributed by atoms with Gasteiger partial charge >= 0.3 is 0 Å². The van der Waals surface area contributed by atoms with Crippen LogP contribution in [0, 0.1) is 0 Å². The molecular weight excluding hydrogens is 784 g/mol. The average molecular weight is 812 g/mol. The smallest absolute Gasteiger partial charge is 0.115 e. The minimum atomic E-state index is 0.181. The maximum Gasteiger partial charge on any atom is 0.115 e. The summed E-state index contributed by atoms with van der Waals surface area (Å²) in [6, 6.07) is 57.1. The van der Waals surface area contributed by atoms with Crippen molar-refractivity contribution in [3.63, 3.8) is 0 Å². The number of rotatable bonds is 5. The molecule has 0 saturated carbocycles. The van der Waals surface area contributed by atoms with Gasteiger partial charge in [-0.3, -0.25) is 0 Å². The number of hydrogen-bond donors (Lipinski definition) is 0. The van der Waals surface area contributed by atoms with Crippen LogP contribution in [0.4, 0.5) is 0 Å². The largest absolute Gasteiger partial charge is 0.310 e. The molecule has 0 fully saturated rings.